The van der Waals surface area contributed by atoms with Crippen LogP contribution in [0, 0.1) is 0 Å². The standard InChI is InChI=1S/C7H5BO.C7H15NO.C2H6/c8-7-3-1-6(5-9)2-4-7;1-7(9)3-5-8(2)6-4-7;1-2/h1-5H;9H,3-6H2,1-2H3;1-2H3. The number of carbonyl (C=O) groups excluding carboxylic acids is 1. The lowest BCUT2D eigenvalue weighted by Crippen LogP contribution is -2.40. The minimum Gasteiger partial charge on any atom is -0.390 e. The Morgan fingerprint density at radius 1 is 1.20 bits per heavy atom. The number of carbonyl (C=O) groups is 1. The van der Waals surface area contributed by atoms with Gasteiger partial charge in [-0.1, -0.05) is 43.6 Å². The number of piperidine rings is 1. The summed E-state index contributed by atoms with van der Waals surface area (Å²) in [4.78, 5) is 12.3. The summed E-state index contributed by atoms with van der Waals surface area (Å²) in [5.41, 5.74) is 0.955. The third-order valence-electron chi connectivity index (χ3n) is 3.14. The normalized spacial score (nSPS) is 17.1. The Bertz CT molecular complexity index is 367. The van der Waals surface area contributed by atoms with Gasteiger partial charge in [0.1, 0.15) is 14.1 Å². The summed E-state index contributed by atoms with van der Waals surface area (Å²) in [7, 11) is 7.46. The van der Waals surface area contributed by atoms with Gasteiger partial charge in [0.15, 0.2) is 0 Å². The van der Waals surface area contributed by atoms with Crippen LogP contribution in [-0.4, -0.2) is 49.9 Å². The third kappa shape index (κ3) is 8.13. The molecule has 0 aliphatic carbocycles. The fraction of sp³-hybridized carbons (Fsp3) is 0.562. The van der Waals surface area contributed by atoms with E-state index in [-0.39, 0.29) is 5.60 Å². The molecule has 0 aromatic heterocycles. The van der Waals surface area contributed by atoms with Crippen LogP contribution < -0.4 is 5.46 Å². The van der Waals surface area contributed by atoms with Crippen LogP contribution in [0.15, 0.2) is 24.3 Å². The lowest BCUT2D eigenvalue weighted by atomic mass is 9.94. The Labute approximate surface area is 124 Å². The maximum Gasteiger partial charge on any atom is 0.150 e. The van der Waals surface area contributed by atoms with E-state index in [1.165, 1.54) is 0 Å². The highest BCUT2D eigenvalue weighted by atomic mass is 16.3. The quantitative estimate of drug-likeness (QED) is 0.627. The molecule has 1 N–H and O–H groups in total. The molecule has 20 heavy (non-hydrogen) atoms. The summed E-state index contributed by atoms with van der Waals surface area (Å²) < 4.78 is 0. The molecule has 0 saturated carbocycles. The molecule has 2 radical (unpaired) electrons. The lowest BCUT2D eigenvalue weighted by Gasteiger charge is -2.33. The minimum absolute atomic E-state index is 0.382. The van der Waals surface area contributed by atoms with E-state index >= 15 is 0 Å². The second-order valence-corrected chi connectivity index (χ2v) is 5.08. The second kappa shape index (κ2) is 9.73. The Kier molecular flexibility index (Phi) is 9.18. The van der Waals surface area contributed by atoms with Gasteiger partial charge in [0, 0.05) is 18.7 Å². The van der Waals surface area contributed by atoms with Gasteiger partial charge in [0.25, 0.3) is 0 Å². The van der Waals surface area contributed by atoms with Gasteiger partial charge in [-0.25, -0.2) is 0 Å². The van der Waals surface area contributed by atoms with Crippen LogP contribution in [0.1, 0.15) is 44.0 Å². The number of benzene rings is 1. The number of rotatable bonds is 1. The Hall–Kier alpha value is -1.13. The van der Waals surface area contributed by atoms with E-state index in [0.717, 1.165) is 32.2 Å². The highest BCUT2D eigenvalue weighted by Gasteiger charge is 2.24. The average Bonchev–Trinajstić information content (AvgIpc) is 2.46. The summed E-state index contributed by atoms with van der Waals surface area (Å²) in [6.07, 6.45) is 2.63. The zero-order valence-electron chi connectivity index (χ0n) is 13.1. The summed E-state index contributed by atoms with van der Waals surface area (Å²) in [5, 5.41) is 9.47. The zero-order valence-corrected chi connectivity index (χ0v) is 13.1. The first-order chi connectivity index (χ1) is 9.43. The van der Waals surface area contributed by atoms with E-state index in [0.29, 0.717) is 11.0 Å². The van der Waals surface area contributed by atoms with Gasteiger partial charge in [-0.15, -0.1) is 0 Å². The molecule has 0 atom stereocenters. The van der Waals surface area contributed by atoms with Gasteiger partial charge >= 0.3 is 0 Å². The molecule has 1 aliphatic rings. The van der Waals surface area contributed by atoms with Crippen molar-refractivity contribution in [3.63, 3.8) is 0 Å². The van der Waals surface area contributed by atoms with Crippen LogP contribution in [0.2, 0.25) is 0 Å². The molecular weight excluding hydrogens is 249 g/mol. The van der Waals surface area contributed by atoms with Gasteiger partial charge in [-0.2, -0.15) is 0 Å². The van der Waals surface area contributed by atoms with Gasteiger partial charge in [-0.05, 0) is 26.8 Å². The molecule has 0 bridgehead atoms. The van der Waals surface area contributed by atoms with Crippen LogP contribution in [-0.2, 0) is 0 Å². The van der Waals surface area contributed by atoms with E-state index in [2.05, 4.69) is 11.9 Å². The molecule has 3 nitrogen and oxygen atoms in total. The first-order valence-corrected chi connectivity index (χ1v) is 7.14. The van der Waals surface area contributed by atoms with E-state index in [9.17, 15) is 9.90 Å². The Morgan fingerprint density at radius 2 is 1.65 bits per heavy atom. The van der Waals surface area contributed by atoms with Gasteiger partial charge in [0.05, 0.1) is 5.60 Å². The minimum atomic E-state index is -0.382. The summed E-state index contributed by atoms with van der Waals surface area (Å²) in [6.45, 7) is 7.99. The van der Waals surface area contributed by atoms with Crippen molar-refractivity contribution in [2.75, 3.05) is 20.1 Å². The predicted octanol–water partition coefficient (Wildman–Crippen LogP) is 1.78. The summed E-state index contributed by atoms with van der Waals surface area (Å²) in [6, 6.07) is 6.76. The average molecular weight is 275 g/mol. The maximum atomic E-state index is 10.1. The zero-order chi connectivity index (χ0) is 15.6. The van der Waals surface area contributed by atoms with Crippen molar-refractivity contribution in [1.29, 1.82) is 0 Å². The van der Waals surface area contributed by atoms with Crippen molar-refractivity contribution in [3.05, 3.63) is 29.8 Å². The van der Waals surface area contributed by atoms with Crippen molar-refractivity contribution < 1.29 is 9.90 Å². The summed E-state index contributed by atoms with van der Waals surface area (Å²) in [5.74, 6) is 0. The number of hydrogen-bond donors (Lipinski definition) is 1. The molecule has 1 fully saturated rings. The van der Waals surface area contributed by atoms with E-state index in [4.69, 9.17) is 7.85 Å². The number of aldehydes is 1. The molecule has 1 saturated heterocycles. The van der Waals surface area contributed by atoms with Crippen molar-refractivity contribution in [2.45, 2.75) is 39.2 Å². The Morgan fingerprint density at radius 3 is 2.00 bits per heavy atom. The highest BCUT2D eigenvalue weighted by Crippen LogP contribution is 2.19. The molecular formula is C16H26BNO2. The van der Waals surface area contributed by atoms with Gasteiger partial charge in [0.2, 0.25) is 0 Å². The molecule has 110 valence electrons. The Balaban J connectivity index is 0.000000321. The van der Waals surface area contributed by atoms with E-state index in [1.807, 2.05) is 20.8 Å². The van der Waals surface area contributed by atoms with Crippen LogP contribution in [0.3, 0.4) is 0 Å². The molecule has 2 rings (SSSR count). The van der Waals surface area contributed by atoms with E-state index in [1.54, 1.807) is 24.3 Å². The molecule has 0 amide bonds. The molecule has 1 heterocycles. The molecule has 0 spiro atoms. The first-order valence-electron chi connectivity index (χ1n) is 7.14. The van der Waals surface area contributed by atoms with Crippen LogP contribution in [0.25, 0.3) is 0 Å². The molecule has 4 heteroatoms. The van der Waals surface area contributed by atoms with Crippen molar-refractivity contribution in [2.24, 2.45) is 0 Å². The number of hydrogen-bond acceptors (Lipinski definition) is 3. The second-order valence-electron chi connectivity index (χ2n) is 5.08. The number of aliphatic hydroxyl groups is 1. The van der Waals surface area contributed by atoms with Crippen molar-refractivity contribution in [1.82, 2.24) is 4.90 Å². The summed E-state index contributed by atoms with van der Waals surface area (Å²) >= 11 is 0. The van der Waals surface area contributed by atoms with Gasteiger partial charge < -0.3 is 10.0 Å². The molecule has 1 aromatic rings. The predicted molar refractivity (Wildman–Crippen MR) is 85.9 cm³/mol. The SMILES string of the molecule is CC.CN1CCC(C)(O)CC1.[B]c1ccc(C=O)cc1. The van der Waals surface area contributed by atoms with Gasteiger partial charge in [-0.3, -0.25) is 4.79 Å². The molecule has 0 unspecified atom stereocenters. The highest BCUT2D eigenvalue weighted by molar-refractivity contribution is 6.32. The van der Waals surface area contributed by atoms with Crippen LogP contribution in [0.5, 0.6) is 0 Å². The topological polar surface area (TPSA) is 40.5 Å². The maximum absolute atomic E-state index is 10.1. The first kappa shape index (κ1) is 18.9. The van der Waals surface area contributed by atoms with Crippen LogP contribution in [0.4, 0.5) is 0 Å². The lowest BCUT2D eigenvalue weighted by molar-refractivity contribution is 0.000997. The van der Waals surface area contributed by atoms with Crippen molar-refractivity contribution in [3.8, 4) is 0 Å². The molecule has 1 aromatic carbocycles. The van der Waals surface area contributed by atoms with Crippen molar-refractivity contribution >= 4 is 19.6 Å². The van der Waals surface area contributed by atoms with Crippen LogP contribution >= 0.6 is 0 Å². The fourth-order valence-corrected chi connectivity index (χ4v) is 1.67. The number of likely N-dealkylation sites (tertiary alicyclic amines) is 1. The smallest absolute Gasteiger partial charge is 0.150 e. The third-order valence-corrected chi connectivity index (χ3v) is 3.14. The largest absolute Gasteiger partial charge is 0.390 e. The number of nitrogens with zero attached hydrogens (tertiary/aromatic N) is 1. The fourth-order valence-electron chi connectivity index (χ4n) is 1.67. The molecule has 1 aliphatic heterocycles. The van der Waals surface area contributed by atoms with E-state index < -0.39 is 0 Å². The monoisotopic (exact) mass is 275 g/mol.